The van der Waals surface area contributed by atoms with Crippen LogP contribution in [0.15, 0.2) is 36.7 Å². The SMILES string of the molecule is CCOC(=O)c1cnn(CC(=O)Nc2ccccc2F)c1. The second-order valence-corrected chi connectivity index (χ2v) is 4.18. The van der Waals surface area contributed by atoms with Crippen LogP contribution in [0.5, 0.6) is 0 Å². The van der Waals surface area contributed by atoms with E-state index in [9.17, 15) is 14.0 Å². The maximum Gasteiger partial charge on any atom is 0.341 e. The second-order valence-electron chi connectivity index (χ2n) is 4.18. The van der Waals surface area contributed by atoms with Crippen LogP contribution in [0.3, 0.4) is 0 Å². The van der Waals surface area contributed by atoms with E-state index in [1.165, 1.54) is 35.3 Å². The standard InChI is InChI=1S/C14H14FN3O3/c1-2-21-14(20)10-7-16-18(8-10)9-13(19)17-12-6-4-3-5-11(12)15/h3-8H,2,9H2,1H3,(H,17,19). The summed E-state index contributed by atoms with van der Waals surface area (Å²) in [4.78, 5) is 23.2. The van der Waals surface area contributed by atoms with Crippen LogP contribution < -0.4 is 5.32 Å². The summed E-state index contributed by atoms with van der Waals surface area (Å²) in [6.45, 7) is 1.83. The number of para-hydroxylation sites is 1. The van der Waals surface area contributed by atoms with Gasteiger partial charge in [-0.15, -0.1) is 0 Å². The Morgan fingerprint density at radius 3 is 2.86 bits per heavy atom. The summed E-state index contributed by atoms with van der Waals surface area (Å²) in [5, 5.41) is 6.32. The van der Waals surface area contributed by atoms with Crippen molar-refractivity contribution < 1.29 is 18.7 Å². The summed E-state index contributed by atoms with van der Waals surface area (Å²) in [7, 11) is 0. The number of aromatic nitrogens is 2. The smallest absolute Gasteiger partial charge is 0.341 e. The highest BCUT2D eigenvalue weighted by Crippen LogP contribution is 2.12. The summed E-state index contributed by atoms with van der Waals surface area (Å²) in [5.41, 5.74) is 0.357. The molecule has 0 aliphatic rings. The molecule has 0 saturated heterocycles. The first kappa shape index (κ1) is 14.7. The highest BCUT2D eigenvalue weighted by Gasteiger charge is 2.12. The average molecular weight is 291 g/mol. The molecule has 0 spiro atoms. The van der Waals surface area contributed by atoms with Gasteiger partial charge in [-0.05, 0) is 19.1 Å². The van der Waals surface area contributed by atoms with Crippen molar-refractivity contribution in [2.75, 3.05) is 11.9 Å². The molecule has 0 aliphatic carbocycles. The number of nitrogens with one attached hydrogen (secondary N) is 1. The Bertz CT molecular complexity index is 654. The molecule has 0 bridgehead atoms. The van der Waals surface area contributed by atoms with Crippen LogP contribution in [0.4, 0.5) is 10.1 Å². The van der Waals surface area contributed by atoms with Crippen LogP contribution in [0.25, 0.3) is 0 Å². The minimum Gasteiger partial charge on any atom is -0.462 e. The van der Waals surface area contributed by atoms with Crippen molar-refractivity contribution in [3.05, 3.63) is 48.0 Å². The fraction of sp³-hybridized carbons (Fsp3) is 0.214. The van der Waals surface area contributed by atoms with Crippen LogP contribution in [0, 0.1) is 5.82 Å². The molecule has 0 fully saturated rings. The molecule has 1 amide bonds. The Kier molecular flexibility index (Phi) is 4.65. The van der Waals surface area contributed by atoms with Crippen molar-refractivity contribution in [3.8, 4) is 0 Å². The fourth-order valence-electron chi connectivity index (χ4n) is 1.67. The molecular weight excluding hydrogens is 277 g/mol. The topological polar surface area (TPSA) is 73.2 Å². The predicted octanol–water partition coefficient (Wildman–Crippen LogP) is 1.84. The summed E-state index contributed by atoms with van der Waals surface area (Å²) in [6.07, 6.45) is 2.72. The number of hydrogen-bond donors (Lipinski definition) is 1. The third-order valence-corrected chi connectivity index (χ3v) is 2.60. The third-order valence-electron chi connectivity index (χ3n) is 2.60. The molecule has 2 aromatic rings. The van der Waals surface area contributed by atoms with Gasteiger partial charge in [0, 0.05) is 6.20 Å². The van der Waals surface area contributed by atoms with Gasteiger partial charge in [0.25, 0.3) is 0 Å². The van der Waals surface area contributed by atoms with Gasteiger partial charge in [0.15, 0.2) is 0 Å². The number of ether oxygens (including phenoxy) is 1. The number of anilines is 1. The Balaban J connectivity index is 1.97. The van der Waals surface area contributed by atoms with E-state index in [-0.39, 0.29) is 24.4 Å². The van der Waals surface area contributed by atoms with Gasteiger partial charge in [-0.3, -0.25) is 9.48 Å². The number of halogens is 1. The van der Waals surface area contributed by atoms with Gasteiger partial charge in [0.2, 0.25) is 5.91 Å². The number of rotatable bonds is 5. The minimum absolute atomic E-state index is 0.0975. The first-order chi connectivity index (χ1) is 10.1. The first-order valence-corrected chi connectivity index (χ1v) is 6.34. The first-order valence-electron chi connectivity index (χ1n) is 6.34. The number of amides is 1. The Hall–Kier alpha value is -2.70. The van der Waals surface area contributed by atoms with Crippen molar-refractivity contribution >= 4 is 17.6 Å². The van der Waals surface area contributed by atoms with E-state index in [4.69, 9.17) is 4.74 Å². The fourth-order valence-corrected chi connectivity index (χ4v) is 1.67. The zero-order chi connectivity index (χ0) is 15.2. The lowest BCUT2D eigenvalue weighted by atomic mass is 10.3. The molecule has 0 unspecified atom stereocenters. The maximum absolute atomic E-state index is 13.4. The third kappa shape index (κ3) is 3.88. The van der Waals surface area contributed by atoms with Gasteiger partial charge < -0.3 is 10.1 Å². The van der Waals surface area contributed by atoms with Crippen molar-refractivity contribution in [2.24, 2.45) is 0 Å². The zero-order valence-electron chi connectivity index (χ0n) is 11.4. The van der Waals surface area contributed by atoms with E-state index in [2.05, 4.69) is 10.4 Å². The molecule has 0 aliphatic heterocycles. The number of benzene rings is 1. The summed E-state index contributed by atoms with van der Waals surface area (Å²) in [5.74, 6) is -1.46. The molecule has 1 heterocycles. The summed E-state index contributed by atoms with van der Waals surface area (Å²) >= 11 is 0. The second kappa shape index (κ2) is 6.65. The lowest BCUT2D eigenvalue weighted by molar-refractivity contribution is -0.116. The lowest BCUT2D eigenvalue weighted by Crippen LogP contribution is -2.19. The highest BCUT2D eigenvalue weighted by molar-refractivity contribution is 5.91. The van der Waals surface area contributed by atoms with Crippen molar-refractivity contribution in [1.82, 2.24) is 9.78 Å². The molecule has 1 aromatic carbocycles. The molecule has 7 heteroatoms. The number of esters is 1. The van der Waals surface area contributed by atoms with Crippen LogP contribution in [-0.4, -0.2) is 28.3 Å². The van der Waals surface area contributed by atoms with Crippen LogP contribution >= 0.6 is 0 Å². The van der Waals surface area contributed by atoms with Gasteiger partial charge in [-0.25, -0.2) is 9.18 Å². The summed E-state index contributed by atoms with van der Waals surface area (Å²) in [6, 6.07) is 5.86. The molecule has 0 radical (unpaired) electrons. The van der Waals surface area contributed by atoms with E-state index >= 15 is 0 Å². The lowest BCUT2D eigenvalue weighted by Gasteiger charge is -2.06. The normalized spacial score (nSPS) is 10.2. The van der Waals surface area contributed by atoms with E-state index in [0.29, 0.717) is 0 Å². The largest absolute Gasteiger partial charge is 0.462 e. The van der Waals surface area contributed by atoms with E-state index in [0.717, 1.165) is 0 Å². The molecular formula is C14H14FN3O3. The Labute approximate surface area is 120 Å². The molecule has 1 N–H and O–H groups in total. The number of carbonyl (C=O) groups is 2. The Morgan fingerprint density at radius 1 is 1.38 bits per heavy atom. The number of nitrogens with zero attached hydrogens (tertiary/aromatic N) is 2. The molecule has 6 nitrogen and oxygen atoms in total. The van der Waals surface area contributed by atoms with Crippen LogP contribution in [0.2, 0.25) is 0 Å². The van der Waals surface area contributed by atoms with Gasteiger partial charge in [-0.2, -0.15) is 5.10 Å². The highest BCUT2D eigenvalue weighted by atomic mass is 19.1. The van der Waals surface area contributed by atoms with Gasteiger partial charge in [-0.1, -0.05) is 12.1 Å². The molecule has 0 atom stereocenters. The van der Waals surface area contributed by atoms with E-state index in [1.54, 1.807) is 13.0 Å². The monoisotopic (exact) mass is 291 g/mol. The van der Waals surface area contributed by atoms with Crippen molar-refractivity contribution in [2.45, 2.75) is 13.5 Å². The van der Waals surface area contributed by atoms with Crippen LogP contribution in [-0.2, 0) is 16.1 Å². The molecule has 0 saturated carbocycles. The predicted molar refractivity (Wildman–Crippen MR) is 73.2 cm³/mol. The minimum atomic E-state index is -0.515. The number of hydrogen-bond acceptors (Lipinski definition) is 4. The molecule has 1 aromatic heterocycles. The van der Waals surface area contributed by atoms with Crippen molar-refractivity contribution in [3.63, 3.8) is 0 Å². The molecule has 2 rings (SSSR count). The van der Waals surface area contributed by atoms with Crippen molar-refractivity contribution in [1.29, 1.82) is 0 Å². The molecule has 21 heavy (non-hydrogen) atoms. The molecule has 110 valence electrons. The number of carbonyl (C=O) groups excluding carboxylic acids is 2. The maximum atomic E-state index is 13.4. The van der Waals surface area contributed by atoms with Gasteiger partial charge in [0.1, 0.15) is 12.4 Å². The zero-order valence-corrected chi connectivity index (χ0v) is 11.4. The van der Waals surface area contributed by atoms with Gasteiger partial charge in [0.05, 0.1) is 24.1 Å². The van der Waals surface area contributed by atoms with Crippen LogP contribution in [0.1, 0.15) is 17.3 Å². The Morgan fingerprint density at radius 2 is 2.14 bits per heavy atom. The van der Waals surface area contributed by atoms with E-state index in [1.807, 2.05) is 0 Å². The van der Waals surface area contributed by atoms with E-state index < -0.39 is 17.7 Å². The van der Waals surface area contributed by atoms with Gasteiger partial charge >= 0.3 is 5.97 Å². The summed E-state index contributed by atoms with van der Waals surface area (Å²) < 4.78 is 19.5. The average Bonchev–Trinajstić information content (AvgIpc) is 2.90. The quantitative estimate of drug-likeness (QED) is 0.853.